The Labute approximate surface area is 193 Å². The fourth-order valence-corrected chi connectivity index (χ4v) is 4.14. The molecule has 2 aromatic carbocycles. The standard InChI is InChI=1S/C24H25ClN2O4S/c1-4-32(29,30)20-10-8-17(9-11-20)14-23(28)26-22-13-12-21(31-16(2)3)24(27-22)18-6-5-7-19(25)15-18/h5-13,15-16H,4,14H2,1-3H3,(H,26,27,28). The summed E-state index contributed by atoms with van der Waals surface area (Å²) < 4.78 is 29.7. The molecule has 32 heavy (non-hydrogen) atoms. The highest BCUT2D eigenvalue weighted by atomic mass is 35.5. The van der Waals surface area contributed by atoms with Gasteiger partial charge in [0.2, 0.25) is 5.91 Å². The van der Waals surface area contributed by atoms with Crippen molar-refractivity contribution >= 4 is 33.2 Å². The Morgan fingerprint density at radius 2 is 1.81 bits per heavy atom. The predicted molar refractivity (Wildman–Crippen MR) is 127 cm³/mol. The van der Waals surface area contributed by atoms with Crippen LogP contribution in [0.4, 0.5) is 5.82 Å². The number of anilines is 1. The highest BCUT2D eigenvalue weighted by Crippen LogP contribution is 2.32. The molecule has 168 valence electrons. The third kappa shape index (κ3) is 6.08. The summed E-state index contributed by atoms with van der Waals surface area (Å²) in [5, 5.41) is 3.37. The van der Waals surface area contributed by atoms with E-state index in [9.17, 15) is 13.2 Å². The van der Waals surface area contributed by atoms with E-state index >= 15 is 0 Å². The first-order chi connectivity index (χ1) is 15.2. The van der Waals surface area contributed by atoms with Gasteiger partial charge in [0.25, 0.3) is 0 Å². The monoisotopic (exact) mass is 472 g/mol. The lowest BCUT2D eigenvalue weighted by atomic mass is 10.1. The first-order valence-corrected chi connectivity index (χ1v) is 12.3. The van der Waals surface area contributed by atoms with Crippen LogP contribution in [0, 0.1) is 0 Å². The van der Waals surface area contributed by atoms with Crippen molar-refractivity contribution in [2.45, 2.75) is 38.2 Å². The zero-order valence-corrected chi connectivity index (χ0v) is 19.7. The number of hydrogen-bond donors (Lipinski definition) is 1. The van der Waals surface area contributed by atoms with E-state index in [1.54, 1.807) is 43.3 Å². The van der Waals surface area contributed by atoms with Crippen LogP contribution in [0.2, 0.25) is 5.02 Å². The Kier molecular flexibility index (Phi) is 7.53. The second-order valence-corrected chi connectivity index (χ2v) is 10.2. The van der Waals surface area contributed by atoms with Gasteiger partial charge in [0, 0.05) is 10.6 Å². The van der Waals surface area contributed by atoms with Gasteiger partial charge in [-0.2, -0.15) is 0 Å². The molecular weight excluding hydrogens is 448 g/mol. The van der Waals surface area contributed by atoms with Crippen LogP contribution in [0.15, 0.2) is 65.6 Å². The van der Waals surface area contributed by atoms with Gasteiger partial charge in [-0.1, -0.05) is 42.8 Å². The van der Waals surface area contributed by atoms with E-state index < -0.39 is 9.84 Å². The number of nitrogens with one attached hydrogen (secondary N) is 1. The lowest BCUT2D eigenvalue weighted by Crippen LogP contribution is -2.16. The number of aromatic nitrogens is 1. The van der Waals surface area contributed by atoms with Gasteiger partial charge in [-0.25, -0.2) is 13.4 Å². The highest BCUT2D eigenvalue weighted by Gasteiger charge is 2.15. The number of ether oxygens (including phenoxy) is 1. The van der Waals surface area contributed by atoms with Crippen molar-refractivity contribution in [2.75, 3.05) is 11.1 Å². The average molecular weight is 473 g/mol. The van der Waals surface area contributed by atoms with Crippen LogP contribution >= 0.6 is 11.6 Å². The van der Waals surface area contributed by atoms with Crippen LogP contribution in [-0.4, -0.2) is 31.2 Å². The van der Waals surface area contributed by atoms with Crippen LogP contribution in [0.3, 0.4) is 0 Å². The summed E-state index contributed by atoms with van der Waals surface area (Å²) in [7, 11) is -3.27. The molecule has 1 amide bonds. The molecule has 0 aliphatic carbocycles. The van der Waals surface area contributed by atoms with E-state index in [-0.39, 0.29) is 29.1 Å². The molecule has 0 fully saturated rings. The van der Waals surface area contributed by atoms with Gasteiger partial charge in [0.1, 0.15) is 17.3 Å². The lowest BCUT2D eigenvalue weighted by molar-refractivity contribution is -0.115. The maximum Gasteiger partial charge on any atom is 0.229 e. The van der Waals surface area contributed by atoms with Crippen LogP contribution < -0.4 is 10.1 Å². The molecule has 8 heteroatoms. The van der Waals surface area contributed by atoms with Gasteiger partial charge >= 0.3 is 0 Å². The number of halogens is 1. The second-order valence-electron chi connectivity index (χ2n) is 7.49. The van der Waals surface area contributed by atoms with Gasteiger partial charge in [-0.3, -0.25) is 4.79 Å². The van der Waals surface area contributed by atoms with E-state index in [0.29, 0.717) is 27.8 Å². The molecule has 1 N–H and O–H groups in total. The number of sulfone groups is 1. The van der Waals surface area contributed by atoms with Crippen molar-refractivity contribution in [2.24, 2.45) is 0 Å². The summed E-state index contributed by atoms with van der Waals surface area (Å²) >= 11 is 6.14. The van der Waals surface area contributed by atoms with E-state index in [4.69, 9.17) is 16.3 Å². The Morgan fingerprint density at radius 1 is 1.09 bits per heavy atom. The maximum atomic E-state index is 12.6. The minimum absolute atomic E-state index is 0.0317. The quantitative estimate of drug-likeness (QED) is 0.489. The number of benzene rings is 2. The molecule has 0 saturated heterocycles. The molecule has 0 aliphatic rings. The molecule has 0 spiro atoms. The lowest BCUT2D eigenvalue weighted by Gasteiger charge is -2.15. The van der Waals surface area contributed by atoms with E-state index in [2.05, 4.69) is 10.3 Å². The van der Waals surface area contributed by atoms with Crippen LogP contribution in [0.5, 0.6) is 5.75 Å². The van der Waals surface area contributed by atoms with Crippen LogP contribution in [-0.2, 0) is 21.1 Å². The molecule has 0 atom stereocenters. The molecule has 0 saturated carbocycles. The normalized spacial score (nSPS) is 11.4. The van der Waals surface area contributed by atoms with Crippen molar-refractivity contribution in [1.29, 1.82) is 0 Å². The number of hydrogen-bond acceptors (Lipinski definition) is 5. The first kappa shape index (κ1) is 23.8. The molecular formula is C24H25ClN2O4S. The maximum absolute atomic E-state index is 12.6. The minimum Gasteiger partial charge on any atom is -0.489 e. The number of nitrogens with zero attached hydrogens (tertiary/aromatic N) is 1. The summed E-state index contributed by atoms with van der Waals surface area (Å²) in [6, 6.07) is 17.0. The minimum atomic E-state index is -3.27. The fourth-order valence-electron chi connectivity index (χ4n) is 3.06. The largest absolute Gasteiger partial charge is 0.489 e. The predicted octanol–water partition coefficient (Wildman–Crippen LogP) is 5.16. The smallest absolute Gasteiger partial charge is 0.229 e. The van der Waals surface area contributed by atoms with Crippen molar-refractivity contribution in [3.63, 3.8) is 0 Å². The summed E-state index contributed by atoms with van der Waals surface area (Å²) in [6.45, 7) is 5.45. The summed E-state index contributed by atoms with van der Waals surface area (Å²) in [5.41, 5.74) is 2.05. The zero-order valence-electron chi connectivity index (χ0n) is 18.1. The van der Waals surface area contributed by atoms with Crippen LogP contribution in [0.25, 0.3) is 11.3 Å². The molecule has 0 aliphatic heterocycles. The molecule has 3 rings (SSSR count). The Hall–Kier alpha value is -2.90. The van der Waals surface area contributed by atoms with Gasteiger partial charge in [-0.15, -0.1) is 0 Å². The van der Waals surface area contributed by atoms with Gasteiger partial charge in [-0.05, 0) is 55.8 Å². The number of pyridine rings is 1. The number of amides is 1. The summed E-state index contributed by atoms with van der Waals surface area (Å²) in [4.78, 5) is 17.4. The topological polar surface area (TPSA) is 85.4 Å². The van der Waals surface area contributed by atoms with Gasteiger partial charge < -0.3 is 10.1 Å². The number of carbonyl (C=O) groups is 1. The van der Waals surface area contributed by atoms with Gasteiger partial charge in [0.05, 0.1) is 23.2 Å². The van der Waals surface area contributed by atoms with Crippen molar-refractivity contribution in [3.8, 4) is 17.0 Å². The average Bonchev–Trinajstić information content (AvgIpc) is 2.75. The third-order valence-corrected chi connectivity index (χ3v) is 6.60. The van der Waals surface area contributed by atoms with Gasteiger partial charge in [0.15, 0.2) is 9.84 Å². The molecule has 6 nitrogen and oxygen atoms in total. The number of carbonyl (C=O) groups excluding carboxylic acids is 1. The molecule has 3 aromatic rings. The van der Waals surface area contributed by atoms with E-state index in [1.807, 2.05) is 26.0 Å². The van der Waals surface area contributed by atoms with Crippen molar-refractivity contribution in [1.82, 2.24) is 4.98 Å². The number of rotatable bonds is 8. The van der Waals surface area contributed by atoms with E-state index in [1.165, 1.54) is 12.1 Å². The van der Waals surface area contributed by atoms with Crippen molar-refractivity contribution < 1.29 is 17.9 Å². The Bertz CT molecular complexity index is 1210. The molecule has 0 radical (unpaired) electrons. The Morgan fingerprint density at radius 3 is 2.44 bits per heavy atom. The fraction of sp³-hybridized carbons (Fsp3) is 0.250. The molecule has 1 aromatic heterocycles. The van der Waals surface area contributed by atoms with Crippen LogP contribution in [0.1, 0.15) is 26.3 Å². The third-order valence-electron chi connectivity index (χ3n) is 4.61. The zero-order chi connectivity index (χ0) is 23.3. The Balaban J connectivity index is 1.79. The summed E-state index contributed by atoms with van der Waals surface area (Å²) in [6.07, 6.45) is 0.0416. The van der Waals surface area contributed by atoms with Crippen molar-refractivity contribution in [3.05, 3.63) is 71.2 Å². The second kappa shape index (κ2) is 10.1. The highest BCUT2D eigenvalue weighted by molar-refractivity contribution is 7.91. The first-order valence-electron chi connectivity index (χ1n) is 10.2. The summed E-state index contributed by atoms with van der Waals surface area (Å²) in [5.74, 6) is 0.738. The SMILES string of the molecule is CCS(=O)(=O)c1ccc(CC(=O)Nc2ccc(OC(C)C)c(-c3cccc(Cl)c3)n2)cc1. The van der Waals surface area contributed by atoms with E-state index in [0.717, 1.165) is 5.56 Å². The molecule has 1 heterocycles. The molecule has 0 unspecified atom stereocenters. The molecule has 0 bridgehead atoms.